The third kappa shape index (κ3) is 4.45. The molecule has 0 saturated carbocycles. The van der Waals surface area contributed by atoms with Gasteiger partial charge in [0.25, 0.3) is 0 Å². The second-order valence-corrected chi connectivity index (χ2v) is 2.53. The Balaban J connectivity index is 2.98. The lowest BCUT2D eigenvalue weighted by Crippen LogP contribution is -2.04. The number of hydrogen-bond acceptors (Lipinski definition) is 1. The summed E-state index contributed by atoms with van der Waals surface area (Å²) >= 11 is 11.1. The summed E-state index contributed by atoms with van der Waals surface area (Å²) in [5, 5.41) is -0.163. The summed E-state index contributed by atoms with van der Waals surface area (Å²) in [4.78, 5) is 0. The van der Waals surface area contributed by atoms with Gasteiger partial charge >= 0.3 is 11.7 Å². The predicted molar refractivity (Wildman–Crippen MR) is 33.3 cm³/mol. The summed E-state index contributed by atoms with van der Waals surface area (Å²) in [5.41, 5.74) is 0. The molecule has 0 aromatic heterocycles. The van der Waals surface area contributed by atoms with Gasteiger partial charge in [-0.1, -0.05) is 0 Å². The molecule has 0 fully saturated rings. The Morgan fingerprint density at radius 3 is 2.43 bits per heavy atom. The molecule has 0 heterocycles. The van der Waals surface area contributed by atoms with Crippen LogP contribution in [-0.4, -0.2) is 17.0 Å². The molecule has 42 valence electrons. The summed E-state index contributed by atoms with van der Waals surface area (Å²) in [5.74, 6) is 0.752. The Morgan fingerprint density at radius 1 is 1.71 bits per heavy atom. The molecule has 0 amide bonds. The first-order chi connectivity index (χ1) is 3.31. The van der Waals surface area contributed by atoms with E-state index in [1.165, 1.54) is 0 Å². The molecule has 0 aliphatic heterocycles. The average Bonchev–Trinajstić information content (AvgIpc) is 1.68. The summed E-state index contributed by atoms with van der Waals surface area (Å²) in [6.45, 7) is 0. The van der Waals surface area contributed by atoms with Crippen LogP contribution in [-0.2, 0) is 15.9 Å². The minimum Gasteiger partial charge on any atom is -0.125 e. The molecular formula is C3H5Cl2OS+. The predicted octanol–water partition coefficient (Wildman–Crippen LogP) is 1.26. The van der Waals surface area contributed by atoms with Gasteiger partial charge in [0.2, 0.25) is 5.75 Å². The van der Waals surface area contributed by atoms with Gasteiger partial charge in [-0.25, -0.2) is 0 Å². The number of hydrogen-bond donors (Lipinski definition) is 0. The van der Waals surface area contributed by atoms with Crippen LogP contribution in [0, 0.1) is 0 Å². The normalized spacial score (nSPS) is 13.4. The van der Waals surface area contributed by atoms with Crippen LogP contribution in [0.3, 0.4) is 0 Å². The van der Waals surface area contributed by atoms with Gasteiger partial charge in [0.05, 0.1) is 0 Å². The number of alkyl halides is 2. The maximum atomic E-state index is 9.67. The van der Waals surface area contributed by atoms with E-state index in [9.17, 15) is 4.21 Å². The third-order valence-corrected chi connectivity index (χ3v) is 1.98. The van der Waals surface area contributed by atoms with Crippen molar-refractivity contribution >= 4 is 34.9 Å². The highest BCUT2D eigenvalue weighted by molar-refractivity contribution is 7.65. The number of rotatable bonds is 3. The molecule has 0 aromatic carbocycles. The molecule has 0 aliphatic rings. The van der Waals surface area contributed by atoms with Crippen LogP contribution in [0.25, 0.3) is 0 Å². The molecule has 1 nitrogen and oxygen atoms in total. The Kier molecular flexibility index (Phi) is 5.16. The Morgan fingerprint density at radius 2 is 2.29 bits per heavy atom. The molecule has 0 aromatic rings. The van der Waals surface area contributed by atoms with Gasteiger partial charge in [0.15, 0.2) is 0 Å². The van der Waals surface area contributed by atoms with Crippen molar-refractivity contribution in [1.82, 2.24) is 0 Å². The molecule has 4 heteroatoms. The minimum atomic E-state index is -0.163. The maximum Gasteiger partial charge on any atom is 0.460 e. The molecule has 0 spiro atoms. The van der Waals surface area contributed by atoms with E-state index in [1.54, 1.807) is 0 Å². The fourth-order valence-electron chi connectivity index (χ4n) is 0.118. The Labute approximate surface area is 56.5 Å². The summed E-state index contributed by atoms with van der Waals surface area (Å²) < 4.78 is 9.67. The molecule has 7 heavy (non-hydrogen) atoms. The highest BCUT2D eigenvalue weighted by Gasteiger charge is 2.09. The van der Waals surface area contributed by atoms with Crippen LogP contribution in [0.5, 0.6) is 0 Å². The zero-order chi connectivity index (χ0) is 5.70. The SMILES string of the molecule is O=[S+]CC(Cl)CCl. The van der Waals surface area contributed by atoms with E-state index in [-0.39, 0.29) is 5.38 Å². The Bertz CT molecular complexity index is 58.9. The zero-order valence-electron chi connectivity index (χ0n) is 3.56. The minimum absolute atomic E-state index is 0.163. The monoisotopic (exact) mass is 159 g/mol. The highest BCUT2D eigenvalue weighted by atomic mass is 35.5. The smallest absolute Gasteiger partial charge is 0.125 e. The molecule has 1 atom stereocenters. The maximum absolute atomic E-state index is 9.67. The van der Waals surface area contributed by atoms with E-state index in [0.717, 1.165) is 0 Å². The molecule has 0 saturated heterocycles. The lowest BCUT2D eigenvalue weighted by molar-refractivity contribution is 0.604. The van der Waals surface area contributed by atoms with Crippen molar-refractivity contribution < 1.29 is 4.21 Å². The molecule has 1 unspecified atom stereocenters. The van der Waals surface area contributed by atoms with Gasteiger partial charge < -0.3 is 0 Å². The fourth-order valence-corrected chi connectivity index (χ4v) is 0.777. The van der Waals surface area contributed by atoms with Gasteiger partial charge in [-0.3, -0.25) is 0 Å². The van der Waals surface area contributed by atoms with Gasteiger partial charge in [-0.05, 0) is 0 Å². The summed E-state index contributed by atoms with van der Waals surface area (Å²) in [7, 11) is 0. The first kappa shape index (κ1) is 7.60. The van der Waals surface area contributed by atoms with Crippen molar-refractivity contribution in [3.8, 4) is 0 Å². The van der Waals surface area contributed by atoms with Crippen molar-refractivity contribution in [2.45, 2.75) is 5.38 Å². The van der Waals surface area contributed by atoms with E-state index >= 15 is 0 Å². The van der Waals surface area contributed by atoms with Crippen molar-refractivity contribution in [3.05, 3.63) is 0 Å². The first-order valence-corrected chi connectivity index (χ1v) is 3.64. The van der Waals surface area contributed by atoms with Crippen LogP contribution in [0.2, 0.25) is 0 Å². The van der Waals surface area contributed by atoms with Crippen molar-refractivity contribution in [1.29, 1.82) is 0 Å². The first-order valence-electron chi connectivity index (χ1n) is 1.76. The molecule has 0 radical (unpaired) electrons. The molecule has 0 aliphatic carbocycles. The quantitative estimate of drug-likeness (QED) is 0.448. The summed E-state index contributed by atoms with van der Waals surface area (Å²) in [6.07, 6.45) is 0. The van der Waals surface area contributed by atoms with Crippen LogP contribution in [0.1, 0.15) is 0 Å². The highest BCUT2D eigenvalue weighted by Crippen LogP contribution is 1.96. The third-order valence-electron chi connectivity index (χ3n) is 0.416. The van der Waals surface area contributed by atoms with E-state index < -0.39 is 0 Å². The van der Waals surface area contributed by atoms with Gasteiger partial charge in [-0.15, -0.1) is 23.2 Å². The van der Waals surface area contributed by atoms with Crippen molar-refractivity contribution in [3.63, 3.8) is 0 Å². The van der Waals surface area contributed by atoms with Crippen molar-refractivity contribution in [2.24, 2.45) is 0 Å². The van der Waals surface area contributed by atoms with Crippen LogP contribution >= 0.6 is 23.2 Å². The lowest BCUT2D eigenvalue weighted by atomic mass is 10.6. The molecule has 0 N–H and O–H groups in total. The van der Waals surface area contributed by atoms with E-state index in [1.807, 2.05) is 0 Å². The Hall–Kier alpha value is 0.600. The standard InChI is InChI=1S/C3H5Cl2OS/c4-1-3(5)2-7-6/h3H,1-2H2/q+1. The van der Waals surface area contributed by atoms with Crippen LogP contribution in [0.15, 0.2) is 0 Å². The number of halogens is 2. The zero-order valence-corrected chi connectivity index (χ0v) is 5.89. The van der Waals surface area contributed by atoms with E-state index in [4.69, 9.17) is 23.2 Å². The van der Waals surface area contributed by atoms with Gasteiger partial charge in [0.1, 0.15) is 5.38 Å². The summed E-state index contributed by atoms with van der Waals surface area (Å²) in [6, 6.07) is 0. The van der Waals surface area contributed by atoms with Crippen molar-refractivity contribution in [2.75, 3.05) is 11.6 Å². The fraction of sp³-hybridized carbons (Fsp3) is 1.00. The molecule has 0 bridgehead atoms. The average molecular weight is 160 g/mol. The molecular weight excluding hydrogens is 155 g/mol. The van der Waals surface area contributed by atoms with Gasteiger partial charge in [-0.2, -0.15) is 0 Å². The van der Waals surface area contributed by atoms with E-state index in [2.05, 4.69) is 0 Å². The van der Waals surface area contributed by atoms with Crippen LogP contribution in [0.4, 0.5) is 0 Å². The van der Waals surface area contributed by atoms with E-state index in [0.29, 0.717) is 23.3 Å². The largest absolute Gasteiger partial charge is 0.460 e. The molecule has 0 rings (SSSR count). The van der Waals surface area contributed by atoms with Gasteiger partial charge in [0, 0.05) is 10.1 Å². The lowest BCUT2D eigenvalue weighted by Gasteiger charge is -1.85. The topological polar surface area (TPSA) is 17.1 Å². The second kappa shape index (κ2) is 4.75. The van der Waals surface area contributed by atoms with Crippen LogP contribution < -0.4 is 0 Å². The second-order valence-electron chi connectivity index (χ2n) is 1.04.